The molecule has 0 N–H and O–H groups in total. The second-order valence-corrected chi connectivity index (χ2v) is 10.8. The molecule has 6 heteroatoms. The molecule has 0 aromatic heterocycles. The molecule has 0 spiro atoms. The molecule has 0 radical (unpaired) electrons. The number of nitrogens with zero attached hydrogens (tertiary/aromatic N) is 3. The molecular weight excluding hydrogens is 486 g/mol. The first-order valence-electron chi connectivity index (χ1n) is 13.9. The van der Waals surface area contributed by atoms with Crippen molar-refractivity contribution in [2.75, 3.05) is 33.9 Å². The zero-order valence-corrected chi connectivity index (χ0v) is 23.5. The molecule has 0 bridgehead atoms. The van der Waals surface area contributed by atoms with Crippen LogP contribution in [0.15, 0.2) is 71.8 Å². The standard InChI is InChI=1S/C33H39N3O3/c1-23-10-12-28(24(2)18-23)31-21-30(29-13-11-27(38-3)20-32(29)39-4)34-36(31)33(37)22-35-16-14-26(15-17-35)19-25-8-6-5-7-9-25/h5-13,18,20,26,31H,14-17,19,21-22H2,1-4H3/t31-/m0/s1. The molecule has 6 nitrogen and oxygen atoms in total. The Labute approximate surface area is 232 Å². The third-order valence-corrected chi connectivity index (χ3v) is 8.10. The van der Waals surface area contributed by atoms with Crippen LogP contribution in [-0.4, -0.2) is 55.4 Å². The van der Waals surface area contributed by atoms with Gasteiger partial charge in [-0.25, -0.2) is 5.01 Å². The summed E-state index contributed by atoms with van der Waals surface area (Å²) in [7, 11) is 3.29. The third kappa shape index (κ3) is 6.17. The zero-order chi connectivity index (χ0) is 27.4. The number of carbonyl (C=O) groups excluding carboxylic acids is 1. The van der Waals surface area contributed by atoms with E-state index < -0.39 is 0 Å². The van der Waals surface area contributed by atoms with Crippen LogP contribution in [0.1, 0.15) is 53.1 Å². The van der Waals surface area contributed by atoms with Gasteiger partial charge in [-0.15, -0.1) is 0 Å². The number of ether oxygens (including phenoxy) is 2. The van der Waals surface area contributed by atoms with E-state index in [0.29, 0.717) is 24.6 Å². The number of hydrazone groups is 1. The lowest BCUT2D eigenvalue weighted by Gasteiger charge is -2.33. The fourth-order valence-corrected chi connectivity index (χ4v) is 5.94. The SMILES string of the molecule is COc1ccc(C2=NN(C(=O)CN3CCC(Cc4ccccc4)CC3)[C@H](c3ccc(C)cc3C)C2)c(OC)c1. The lowest BCUT2D eigenvalue weighted by Crippen LogP contribution is -2.42. The first-order valence-corrected chi connectivity index (χ1v) is 13.9. The van der Waals surface area contributed by atoms with Gasteiger partial charge in [0.2, 0.25) is 0 Å². The van der Waals surface area contributed by atoms with Crippen LogP contribution in [0.3, 0.4) is 0 Å². The summed E-state index contributed by atoms with van der Waals surface area (Å²) in [5, 5.41) is 6.66. The highest BCUT2D eigenvalue weighted by atomic mass is 16.5. The molecule has 204 valence electrons. The number of rotatable bonds is 8. The predicted octanol–water partition coefficient (Wildman–Crippen LogP) is 5.95. The highest BCUT2D eigenvalue weighted by Crippen LogP contribution is 2.37. The van der Waals surface area contributed by atoms with Crippen LogP contribution in [0.4, 0.5) is 0 Å². The van der Waals surface area contributed by atoms with Crippen molar-refractivity contribution in [3.63, 3.8) is 0 Å². The summed E-state index contributed by atoms with van der Waals surface area (Å²) in [6, 6.07) is 22.8. The summed E-state index contributed by atoms with van der Waals surface area (Å²) < 4.78 is 11.1. The molecule has 2 heterocycles. The Morgan fingerprint density at radius 2 is 1.72 bits per heavy atom. The molecule has 1 fully saturated rings. The molecule has 1 amide bonds. The summed E-state index contributed by atoms with van der Waals surface area (Å²) in [5.41, 5.74) is 6.68. The summed E-state index contributed by atoms with van der Waals surface area (Å²) in [6.45, 7) is 6.48. The van der Waals surface area contributed by atoms with E-state index in [1.807, 2.05) is 18.2 Å². The van der Waals surface area contributed by atoms with Crippen molar-refractivity contribution < 1.29 is 14.3 Å². The predicted molar refractivity (Wildman–Crippen MR) is 156 cm³/mol. The van der Waals surface area contributed by atoms with Crippen LogP contribution in [0.5, 0.6) is 11.5 Å². The first kappa shape index (κ1) is 26.9. The van der Waals surface area contributed by atoms with Gasteiger partial charge in [0.05, 0.1) is 32.5 Å². The van der Waals surface area contributed by atoms with Gasteiger partial charge in [0.25, 0.3) is 5.91 Å². The van der Waals surface area contributed by atoms with Gasteiger partial charge in [-0.2, -0.15) is 5.10 Å². The van der Waals surface area contributed by atoms with Crippen molar-refractivity contribution in [2.45, 2.75) is 45.6 Å². The number of piperidine rings is 1. The number of aryl methyl sites for hydroxylation is 2. The van der Waals surface area contributed by atoms with Crippen molar-refractivity contribution in [1.82, 2.24) is 9.91 Å². The van der Waals surface area contributed by atoms with E-state index in [-0.39, 0.29) is 11.9 Å². The summed E-state index contributed by atoms with van der Waals surface area (Å²) in [6.07, 6.45) is 3.97. The van der Waals surface area contributed by atoms with Gasteiger partial charge in [0.15, 0.2) is 0 Å². The monoisotopic (exact) mass is 525 g/mol. The fraction of sp³-hybridized carbons (Fsp3) is 0.394. The van der Waals surface area contributed by atoms with Gasteiger partial charge in [0.1, 0.15) is 11.5 Å². The van der Waals surface area contributed by atoms with Crippen LogP contribution in [-0.2, 0) is 11.2 Å². The summed E-state index contributed by atoms with van der Waals surface area (Å²) in [4.78, 5) is 16.1. The van der Waals surface area contributed by atoms with Crippen LogP contribution in [0, 0.1) is 19.8 Å². The van der Waals surface area contributed by atoms with Gasteiger partial charge in [-0.05, 0) is 80.9 Å². The minimum absolute atomic E-state index is 0.0453. The molecule has 0 aliphatic carbocycles. The van der Waals surface area contributed by atoms with Crippen molar-refractivity contribution in [1.29, 1.82) is 0 Å². The second kappa shape index (κ2) is 12.0. The van der Waals surface area contributed by atoms with Gasteiger partial charge < -0.3 is 9.47 Å². The topological polar surface area (TPSA) is 54.4 Å². The zero-order valence-electron chi connectivity index (χ0n) is 23.5. The van der Waals surface area contributed by atoms with E-state index in [1.54, 1.807) is 19.2 Å². The maximum absolute atomic E-state index is 13.8. The van der Waals surface area contributed by atoms with Crippen molar-refractivity contribution in [3.8, 4) is 11.5 Å². The Kier molecular flexibility index (Phi) is 8.32. The molecule has 1 saturated heterocycles. The Morgan fingerprint density at radius 1 is 0.949 bits per heavy atom. The Balaban J connectivity index is 1.33. The number of benzene rings is 3. The smallest absolute Gasteiger partial charge is 0.257 e. The van der Waals surface area contributed by atoms with Crippen LogP contribution >= 0.6 is 0 Å². The van der Waals surface area contributed by atoms with Gasteiger partial charge in [-0.3, -0.25) is 9.69 Å². The van der Waals surface area contributed by atoms with Crippen LogP contribution < -0.4 is 9.47 Å². The van der Waals surface area contributed by atoms with E-state index in [1.165, 1.54) is 16.7 Å². The molecule has 2 aliphatic heterocycles. The first-order chi connectivity index (χ1) is 18.9. The lowest BCUT2D eigenvalue weighted by atomic mass is 9.90. The van der Waals surface area contributed by atoms with E-state index in [0.717, 1.165) is 54.9 Å². The van der Waals surface area contributed by atoms with Gasteiger partial charge >= 0.3 is 0 Å². The lowest BCUT2D eigenvalue weighted by molar-refractivity contribution is -0.134. The second-order valence-electron chi connectivity index (χ2n) is 10.8. The molecule has 3 aromatic rings. The molecule has 0 saturated carbocycles. The number of likely N-dealkylation sites (tertiary alicyclic amines) is 1. The van der Waals surface area contributed by atoms with Crippen LogP contribution in [0.2, 0.25) is 0 Å². The van der Waals surface area contributed by atoms with E-state index in [4.69, 9.17) is 14.6 Å². The fourth-order valence-electron chi connectivity index (χ4n) is 5.94. The minimum atomic E-state index is -0.143. The average molecular weight is 526 g/mol. The highest BCUT2D eigenvalue weighted by molar-refractivity contribution is 6.05. The number of hydrogen-bond donors (Lipinski definition) is 0. The largest absolute Gasteiger partial charge is 0.497 e. The Hall–Kier alpha value is -3.64. The highest BCUT2D eigenvalue weighted by Gasteiger charge is 2.36. The van der Waals surface area contributed by atoms with E-state index >= 15 is 0 Å². The summed E-state index contributed by atoms with van der Waals surface area (Å²) >= 11 is 0. The van der Waals surface area contributed by atoms with Crippen molar-refractivity contribution >= 4 is 11.6 Å². The number of carbonyl (C=O) groups is 1. The van der Waals surface area contributed by atoms with E-state index in [2.05, 4.69) is 67.3 Å². The molecule has 39 heavy (non-hydrogen) atoms. The molecule has 0 unspecified atom stereocenters. The van der Waals surface area contributed by atoms with E-state index in [9.17, 15) is 4.79 Å². The maximum Gasteiger partial charge on any atom is 0.257 e. The van der Waals surface area contributed by atoms with Gasteiger partial charge in [-0.1, -0.05) is 54.1 Å². The Bertz CT molecular complexity index is 1330. The molecular formula is C33H39N3O3. The maximum atomic E-state index is 13.8. The Morgan fingerprint density at radius 3 is 2.41 bits per heavy atom. The quantitative estimate of drug-likeness (QED) is 0.365. The number of amides is 1. The molecule has 2 aliphatic rings. The summed E-state index contributed by atoms with van der Waals surface area (Å²) in [5.74, 6) is 2.13. The molecule has 3 aromatic carbocycles. The molecule has 1 atom stereocenters. The van der Waals surface area contributed by atoms with Crippen molar-refractivity contribution in [3.05, 3.63) is 94.5 Å². The number of hydrogen-bond acceptors (Lipinski definition) is 5. The minimum Gasteiger partial charge on any atom is -0.497 e. The normalized spacial score (nSPS) is 18.2. The molecule has 5 rings (SSSR count). The average Bonchev–Trinajstić information content (AvgIpc) is 3.39. The van der Waals surface area contributed by atoms with Crippen LogP contribution in [0.25, 0.3) is 0 Å². The number of methoxy groups -OCH3 is 2. The van der Waals surface area contributed by atoms with Crippen molar-refractivity contribution in [2.24, 2.45) is 11.0 Å². The van der Waals surface area contributed by atoms with Gasteiger partial charge in [0, 0.05) is 18.1 Å². The third-order valence-electron chi connectivity index (χ3n) is 8.10.